The molecule has 0 aliphatic carbocycles. The van der Waals surface area contributed by atoms with Gasteiger partial charge in [-0.3, -0.25) is 19.1 Å². The lowest BCUT2D eigenvalue weighted by Crippen LogP contribution is -2.29. The second kappa shape index (κ2) is 8.73. The minimum atomic E-state index is -0.148. The molecule has 32 heavy (non-hydrogen) atoms. The van der Waals surface area contributed by atoms with E-state index in [1.807, 2.05) is 49.4 Å². The third kappa shape index (κ3) is 4.11. The van der Waals surface area contributed by atoms with Crippen molar-refractivity contribution >= 4 is 33.1 Å². The van der Waals surface area contributed by atoms with Crippen molar-refractivity contribution < 1.29 is 4.79 Å². The number of aromatic nitrogens is 1. The lowest BCUT2D eigenvalue weighted by Gasteiger charge is -2.28. The van der Waals surface area contributed by atoms with Gasteiger partial charge in [0.25, 0.3) is 5.91 Å². The van der Waals surface area contributed by atoms with Crippen LogP contribution in [0.1, 0.15) is 34.0 Å². The van der Waals surface area contributed by atoms with Gasteiger partial charge in [-0.25, -0.2) is 0 Å². The summed E-state index contributed by atoms with van der Waals surface area (Å²) in [5.74, 6) is -0.148. The minimum Gasteiger partial charge on any atom is -0.322 e. The van der Waals surface area contributed by atoms with Crippen molar-refractivity contribution in [2.24, 2.45) is 0 Å². The number of aryl methyl sites for hydroxylation is 1. The summed E-state index contributed by atoms with van der Waals surface area (Å²) in [5.41, 5.74) is 6.29. The number of anilines is 1. The lowest BCUT2D eigenvalue weighted by atomic mass is 9.99. The fourth-order valence-electron chi connectivity index (χ4n) is 4.36. The number of carbonyl (C=O) groups is 1. The van der Waals surface area contributed by atoms with Crippen LogP contribution in [0.5, 0.6) is 0 Å². The van der Waals surface area contributed by atoms with Crippen molar-refractivity contribution in [2.75, 3.05) is 11.9 Å². The smallest absolute Gasteiger partial charge is 0.308 e. The number of nitrogens with zero attached hydrogens (tertiary/aromatic N) is 2. The van der Waals surface area contributed by atoms with Crippen molar-refractivity contribution in [1.82, 2.24) is 9.47 Å². The third-order valence-electron chi connectivity index (χ3n) is 6.07. The first-order valence-electron chi connectivity index (χ1n) is 10.9. The predicted molar refractivity (Wildman–Crippen MR) is 130 cm³/mol. The Hall–Kier alpha value is -3.22. The molecule has 5 rings (SSSR count). The molecule has 0 bridgehead atoms. The third-order valence-corrected chi connectivity index (χ3v) is 7.02. The average Bonchev–Trinajstić information content (AvgIpc) is 3.13. The highest BCUT2D eigenvalue weighted by Crippen LogP contribution is 2.23. The molecule has 3 aromatic carbocycles. The summed E-state index contributed by atoms with van der Waals surface area (Å²) in [4.78, 5) is 27.3. The van der Waals surface area contributed by atoms with Crippen molar-refractivity contribution in [2.45, 2.75) is 33.0 Å². The summed E-state index contributed by atoms with van der Waals surface area (Å²) in [7, 11) is 0. The second-order valence-electron chi connectivity index (χ2n) is 8.18. The largest absolute Gasteiger partial charge is 0.322 e. The van der Waals surface area contributed by atoms with E-state index in [0.29, 0.717) is 17.8 Å². The number of rotatable bonds is 5. The monoisotopic (exact) mass is 443 g/mol. The van der Waals surface area contributed by atoms with Crippen molar-refractivity contribution in [3.63, 3.8) is 0 Å². The second-order valence-corrected chi connectivity index (χ2v) is 9.17. The highest BCUT2D eigenvalue weighted by Gasteiger charge is 2.16. The van der Waals surface area contributed by atoms with Crippen LogP contribution in [-0.4, -0.2) is 21.9 Å². The first kappa shape index (κ1) is 20.7. The van der Waals surface area contributed by atoms with Crippen molar-refractivity contribution in [3.05, 3.63) is 98.7 Å². The Labute approximate surface area is 190 Å². The Balaban J connectivity index is 1.24. The van der Waals surface area contributed by atoms with E-state index >= 15 is 0 Å². The molecule has 6 heteroatoms. The quantitative estimate of drug-likeness (QED) is 0.478. The fraction of sp³-hybridized carbons (Fsp3) is 0.231. The molecule has 4 aromatic rings. The van der Waals surface area contributed by atoms with Crippen molar-refractivity contribution in [3.8, 4) is 0 Å². The van der Waals surface area contributed by atoms with Crippen LogP contribution in [0.3, 0.4) is 0 Å². The van der Waals surface area contributed by atoms with Crippen LogP contribution in [0, 0.1) is 0 Å². The van der Waals surface area contributed by atoms with Crippen LogP contribution in [0.2, 0.25) is 0 Å². The summed E-state index contributed by atoms with van der Waals surface area (Å²) in [5, 5.41) is 2.95. The van der Waals surface area contributed by atoms with Gasteiger partial charge in [0, 0.05) is 37.4 Å². The van der Waals surface area contributed by atoms with Crippen LogP contribution >= 0.6 is 11.3 Å². The summed E-state index contributed by atoms with van der Waals surface area (Å²) < 4.78 is 2.62. The topological polar surface area (TPSA) is 54.3 Å². The normalized spacial score (nSPS) is 13.8. The molecule has 5 nitrogen and oxygen atoms in total. The maximum absolute atomic E-state index is 12.7. The van der Waals surface area contributed by atoms with Gasteiger partial charge in [0.05, 0.1) is 10.2 Å². The Morgan fingerprint density at radius 3 is 2.59 bits per heavy atom. The summed E-state index contributed by atoms with van der Waals surface area (Å²) in [6.45, 7) is 5.48. The molecule has 1 N–H and O–H groups in total. The Morgan fingerprint density at radius 2 is 1.81 bits per heavy atom. The van der Waals surface area contributed by atoms with Gasteiger partial charge in [-0.2, -0.15) is 0 Å². The molecule has 1 aromatic heterocycles. The van der Waals surface area contributed by atoms with E-state index < -0.39 is 0 Å². The number of hydrogen-bond donors (Lipinski definition) is 1. The van der Waals surface area contributed by atoms with E-state index in [1.165, 1.54) is 28.0 Å². The number of hydrogen-bond acceptors (Lipinski definition) is 4. The summed E-state index contributed by atoms with van der Waals surface area (Å²) in [6.07, 6.45) is 1.08. The highest BCUT2D eigenvalue weighted by molar-refractivity contribution is 7.16. The lowest BCUT2D eigenvalue weighted by molar-refractivity contribution is 0.102. The van der Waals surface area contributed by atoms with Crippen LogP contribution < -0.4 is 10.2 Å². The molecule has 2 heterocycles. The number of benzene rings is 3. The number of fused-ring (bicyclic) bond motifs is 2. The zero-order valence-electron chi connectivity index (χ0n) is 18.0. The fourth-order valence-corrected chi connectivity index (χ4v) is 5.35. The zero-order chi connectivity index (χ0) is 22.1. The number of thiazole rings is 1. The Bertz CT molecular complexity index is 1340. The summed E-state index contributed by atoms with van der Waals surface area (Å²) in [6, 6.07) is 22.1. The molecule has 0 spiro atoms. The van der Waals surface area contributed by atoms with Crippen LogP contribution in [0.4, 0.5) is 5.69 Å². The Kier molecular flexibility index (Phi) is 5.64. The minimum absolute atomic E-state index is 0.0266. The first-order valence-corrected chi connectivity index (χ1v) is 11.7. The maximum Gasteiger partial charge on any atom is 0.308 e. The van der Waals surface area contributed by atoms with Gasteiger partial charge in [0.1, 0.15) is 0 Å². The molecule has 162 valence electrons. The molecule has 0 saturated carbocycles. The van der Waals surface area contributed by atoms with E-state index in [9.17, 15) is 9.59 Å². The molecular weight excluding hydrogens is 418 g/mol. The molecular formula is C26H25N3O2S. The first-order chi connectivity index (χ1) is 15.6. The van der Waals surface area contributed by atoms with Gasteiger partial charge in [-0.15, -0.1) is 0 Å². The van der Waals surface area contributed by atoms with Crippen LogP contribution in [0.25, 0.3) is 10.2 Å². The van der Waals surface area contributed by atoms with Crippen molar-refractivity contribution in [1.29, 1.82) is 0 Å². The molecule has 0 fully saturated rings. The maximum atomic E-state index is 12.7. The zero-order valence-corrected chi connectivity index (χ0v) is 18.8. The van der Waals surface area contributed by atoms with E-state index in [0.717, 1.165) is 36.3 Å². The molecule has 1 aliphatic rings. The molecule has 0 unspecified atom stereocenters. The number of carbonyl (C=O) groups excluding carboxylic acids is 1. The van der Waals surface area contributed by atoms with Gasteiger partial charge >= 0.3 is 4.87 Å². The number of amides is 1. The van der Waals surface area contributed by atoms with E-state index in [4.69, 9.17) is 0 Å². The SMILES string of the molecule is CCn1c(=O)sc2cc(NC(=O)c3ccc(CN4CCc5ccccc5C4)cc3)ccc21. The van der Waals surface area contributed by atoms with Gasteiger partial charge < -0.3 is 5.32 Å². The summed E-state index contributed by atoms with van der Waals surface area (Å²) >= 11 is 1.21. The van der Waals surface area contributed by atoms with E-state index in [2.05, 4.69) is 34.5 Å². The van der Waals surface area contributed by atoms with Gasteiger partial charge in [0.15, 0.2) is 0 Å². The number of nitrogens with one attached hydrogen (secondary N) is 1. The van der Waals surface area contributed by atoms with Gasteiger partial charge in [-0.05, 0) is 60.4 Å². The predicted octanol–water partition coefficient (Wildman–Crippen LogP) is 4.89. The van der Waals surface area contributed by atoms with E-state index in [1.54, 1.807) is 4.57 Å². The highest BCUT2D eigenvalue weighted by atomic mass is 32.1. The van der Waals surface area contributed by atoms with Crippen LogP contribution in [-0.2, 0) is 26.1 Å². The van der Waals surface area contributed by atoms with Crippen LogP contribution in [0.15, 0.2) is 71.5 Å². The van der Waals surface area contributed by atoms with Gasteiger partial charge in [0.2, 0.25) is 0 Å². The standard InChI is InChI=1S/C26H25N3O2S/c1-2-29-23-12-11-22(15-24(23)32-26(29)31)27-25(30)20-9-7-18(8-10-20)16-28-14-13-19-5-3-4-6-21(19)17-28/h3-12,15H,2,13-14,16-17H2,1H3,(H,27,30). The molecule has 1 aliphatic heterocycles. The molecule has 0 radical (unpaired) electrons. The molecule has 0 saturated heterocycles. The Morgan fingerprint density at radius 1 is 1.03 bits per heavy atom. The average molecular weight is 444 g/mol. The molecule has 1 amide bonds. The molecule has 0 atom stereocenters. The van der Waals surface area contributed by atoms with E-state index in [-0.39, 0.29) is 10.8 Å². The van der Waals surface area contributed by atoms with Gasteiger partial charge in [-0.1, -0.05) is 47.7 Å².